The zero-order valence-corrected chi connectivity index (χ0v) is 11.1. The lowest BCUT2D eigenvalue weighted by Gasteiger charge is -2.34. The van der Waals surface area contributed by atoms with Crippen LogP contribution >= 0.6 is 11.3 Å². The minimum Gasteiger partial charge on any atom is -0.290 e. The molecule has 1 aromatic carbocycles. The van der Waals surface area contributed by atoms with Gasteiger partial charge < -0.3 is 0 Å². The van der Waals surface area contributed by atoms with Gasteiger partial charge >= 0.3 is 0 Å². The van der Waals surface area contributed by atoms with E-state index >= 15 is 0 Å². The average Bonchev–Trinajstić information content (AvgIpc) is 2.86. The number of halogens is 1. The van der Waals surface area contributed by atoms with Crippen LogP contribution in [-0.2, 0) is 13.0 Å². The minimum atomic E-state index is -0.142. The zero-order valence-electron chi connectivity index (χ0n) is 10.3. The van der Waals surface area contributed by atoms with Crippen LogP contribution < -0.4 is 0 Å². The van der Waals surface area contributed by atoms with Gasteiger partial charge in [-0.3, -0.25) is 4.90 Å². The third-order valence-corrected chi connectivity index (χ3v) is 4.26. The van der Waals surface area contributed by atoms with Crippen molar-refractivity contribution in [3.63, 3.8) is 0 Å². The first-order valence-electron chi connectivity index (χ1n) is 6.13. The van der Waals surface area contributed by atoms with E-state index in [1.54, 1.807) is 23.5 Å². The molecule has 1 aliphatic heterocycles. The van der Waals surface area contributed by atoms with E-state index in [1.807, 2.05) is 11.6 Å². The van der Waals surface area contributed by atoms with Gasteiger partial charge in [-0.15, -0.1) is 11.3 Å². The van der Waals surface area contributed by atoms with Crippen molar-refractivity contribution in [3.05, 3.63) is 51.7 Å². The molecule has 0 aliphatic carbocycles. The molecule has 0 unspecified atom stereocenters. The second kappa shape index (κ2) is 4.78. The van der Waals surface area contributed by atoms with Gasteiger partial charge in [0.1, 0.15) is 5.82 Å². The van der Waals surface area contributed by atoms with E-state index in [0.29, 0.717) is 0 Å². The van der Waals surface area contributed by atoms with Crippen LogP contribution in [0.15, 0.2) is 29.1 Å². The van der Waals surface area contributed by atoms with E-state index in [2.05, 4.69) is 22.2 Å². The number of benzene rings is 1. The maximum absolute atomic E-state index is 13.3. The van der Waals surface area contributed by atoms with Gasteiger partial charge in [0.05, 0.1) is 11.2 Å². The molecule has 2 nitrogen and oxygen atoms in total. The van der Waals surface area contributed by atoms with E-state index in [0.717, 1.165) is 30.8 Å². The van der Waals surface area contributed by atoms with Gasteiger partial charge in [-0.1, -0.05) is 6.07 Å². The molecule has 18 heavy (non-hydrogen) atoms. The molecule has 0 saturated carbocycles. The molecule has 4 heteroatoms. The fraction of sp³-hybridized carbons (Fsp3) is 0.357. The first-order valence-corrected chi connectivity index (χ1v) is 7.08. The van der Waals surface area contributed by atoms with Crippen LogP contribution in [0.1, 0.15) is 29.8 Å². The van der Waals surface area contributed by atoms with Crippen molar-refractivity contribution in [1.82, 2.24) is 9.88 Å². The third-order valence-electron chi connectivity index (χ3n) is 3.62. The fourth-order valence-electron chi connectivity index (χ4n) is 2.58. The summed E-state index contributed by atoms with van der Waals surface area (Å²) in [5.74, 6) is -0.142. The number of hydrogen-bond acceptors (Lipinski definition) is 3. The number of hydrogen-bond donors (Lipinski definition) is 0. The molecular formula is C14H15FN2S. The average molecular weight is 262 g/mol. The normalized spacial score (nSPS) is 19.8. The SMILES string of the molecule is C[C@@H]1c2cc(F)ccc2CCN1Cc1cscn1. The summed E-state index contributed by atoms with van der Waals surface area (Å²) in [5, 5.41) is 2.08. The van der Waals surface area contributed by atoms with Crippen LogP contribution in [0.2, 0.25) is 0 Å². The van der Waals surface area contributed by atoms with Gasteiger partial charge in [0.25, 0.3) is 0 Å². The number of thiazole rings is 1. The largest absolute Gasteiger partial charge is 0.290 e. The third kappa shape index (κ3) is 2.18. The molecule has 0 bridgehead atoms. The molecule has 0 spiro atoms. The highest BCUT2D eigenvalue weighted by Gasteiger charge is 2.24. The van der Waals surface area contributed by atoms with Crippen molar-refractivity contribution in [1.29, 1.82) is 0 Å². The van der Waals surface area contributed by atoms with Crippen molar-refractivity contribution in [2.24, 2.45) is 0 Å². The molecular weight excluding hydrogens is 247 g/mol. The highest BCUT2D eigenvalue weighted by Crippen LogP contribution is 2.30. The van der Waals surface area contributed by atoms with Crippen molar-refractivity contribution >= 4 is 11.3 Å². The number of fused-ring (bicyclic) bond motifs is 1. The van der Waals surface area contributed by atoms with E-state index in [1.165, 1.54) is 5.56 Å². The first-order chi connectivity index (χ1) is 8.74. The summed E-state index contributed by atoms with van der Waals surface area (Å²) in [5.41, 5.74) is 5.36. The van der Waals surface area contributed by atoms with Gasteiger partial charge in [0, 0.05) is 24.5 Å². The Balaban J connectivity index is 1.84. The van der Waals surface area contributed by atoms with E-state index < -0.39 is 0 Å². The smallest absolute Gasteiger partial charge is 0.123 e. The van der Waals surface area contributed by atoms with Crippen molar-refractivity contribution in [2.75, 3.05) is 6.54 Å². The predicted molar refractivity (Wildman–Crippen MR) is 71.0 cm³/mol. The van der Waals surface area contributed by atoms with E-state index in [-0.39, 0.29) is 11.9 Å². The number of aromatic nitrogens is 1. The summed E-state index contributed by atoms with van der Waals surface area (Å²) in [6, 6.07) is 5.40. The van der Waals surface area contributed by atoms with Crippen LogP contribution in [0.5, 0.6) is 0 Å². The van der Waals surface area contributed by atoms with Crippen molar-refractivity contribution < 1.29 is 4.39 Å². The summed E-state index contributed by atoms with van der Waals surface area (Å²) in [6.45, 7) is 4.00. The van der Waals surface area contributed by atoms with Crippen LogP contribution in [-0.4, -0.2) is 16.4 Å². The standard InChI is InChI=1S/C14H15FN2S/c1-10-14-6-12(15)3-2-11(14)4-5-17(10)7-13-8-18-9-16-13/h2-3,6,8-10H,4-5,7H2,1H3/t10-/m1/s1. The Morgan fingerprint density at radius 3 is 3.17 bits per heavy atom. The second-order valence-corrected chi connectivity index (χ2v) is 5.44. The summed E-state index contributed by atoms with van der Waals surface area (Å²) in [4.78, 5) is 6.68. The molecule has 0 N–H and O–H groups in total. The molecule has 1 aromatic heterocycles. The van der Waals surface area contributed by atoms with E-state index in [9.17, 15) is 4.39 Å². The Labute approximate surface area is 110 Å². The molecule has 0 radical (unpaired) electrons. The lowest BCUT2D eigenvalue weighted by Crippen LogP contribution is -2.33. The van der Waals surface area contributed by atoms with Crippen LogP contribution in [0.4, 0.5) is 4.39 Å². The highest BCUT2D eigenvalue weighted by molar-refractivity contribution is 7.07. The Hall–Kier alpha value is -1.26. The predicted octanol–water partition coefficient (Wildman–Crippen LogP) is 3.40. The Bertz CT molecular complexity index is 539. The van der Waals surface area contributed by atoms with E-state index in [4.69, 9.17) is 0 Å². The van der Waals surface area contributed by atoms with Crippen molar-refractivity contribution in [2.45, 2.75) is 25.9 Å². The summed E-state index contributed by atoms with van der Waals surface area (Å²) in [6.07, 6.45) is 0.990. The van der Waals surface area contributed by atoms with Crippen LogP contribution in [0.25, 0.3) is 0 Å². The lowest BCUT2D eigenvalue weighted by atomic mass is 9.93. The first kappa shape index (κ1) is 11.8. The molecule has 2 aromatic rings. The molecule has 3 rings (SSSR count). The maximum atomic E-state index is 13.3. The Kier molecular flexibility index (Phi) is 3.14. The summed E-state index contributed by atoms with van der Waals surface area (Å²) < 4.78 is 13.3. The fourth-order valence-corrected chi connectivity index (χ4v) is 3.13. The molecule has 0 amide bonds. The Morgan fingerprint density at radius 2 is 2.39 bits per heavy atom. The van der Waals surface area contributed by atoms with Gasteiger partial charge in [-0.05, 0) is 36.6 Å². The number of nitrogens with zero attached hydrogens (tertiary/aromatic N) is 2. The van der Waals surface area contributed by atoms with Crippen LogP contribution in [0.3, 0.4) is 0 Å². The zero-order chi connectivity index (χ0) is 12.5. The second-order valence-electron chi connectivity index (χ2n) is 4.72. The minimum absolute atomic E-state index is 0.142. The molecule has 1 aliphatic rings. The quantitative estimate of drug-likeness (QED) is 0.824. The van der Waals surface area contributed by atoms with Gasteiger partial charge in [-0.25, -0.2) is 9.37 Å². The maximum Gasteiger partial charge on any atom is 0.123 e. The monoisotopic (exact) mass is 262 g/mol. The molecule has 94 valence electrons. The molecule has 2 heterocycles. The van der Waals surface area contributed by atoms with Gasteiger partial charge in [-0.2, -0.15) is 0 Å². The lowest BCUT2D eigenvalue weighted by molar-refractivity contribution is 0.187. The van der Waals surface area contributed by atoms with Crippen LogP contribution in [0, 0.1) is 5.82 Å². The molecule has 1 atom stereocenters. The number of rotatable bonds is 2. The molecule has 0 fully saturated rings. The molecule has 0 saturated heterocycles. The summed E-state index contributed by atoms with van der Waals surface area (Å²) in [7, 11) is 0. The van der Waals surface area contributed by atoms with Crippen molar-refractivity contribution in [3.8, 4) is 0 Å². The Morgan fingerprint density at radius 1 is 1.50 bits per heavy atom. The summed E-state index contributed by atoms with van der Waals surface area (Å²) >= 11 is 1.62. The topological polar surface area (TPSA) is 16.1 Å². The highest BCUT2D eigenvalue weighted by atomic mass is 32.1. The van der Waals surface area contributed by atoms with Gasteiger partial charge in [0.2, 0.25) is 0 Å². The van der Waals surface area contributed by atoms with Gasteiger partial charge in [0.15, 0.2) is 0 Å².